The summed E-state index contributed by atoms with van der Waals surface area (Å²) in [5, 5.41) is 4.92. The van der Waals surface area contributed by atoms with Crippen molar-refractivity contribution in [2.24, 2.45) is 0 Å². The summed E-state index contributed by atoms with van der Waals surface area (Å²) in [6, 6.07) is 5.43. The molecule has 6 heteroatoms. The minimum absolute atomic E-state index is 0.00316. The van der Waals surface area contributed by atoms with Crippen molar-refractivity contribution in [3.63, 3.8) is 0 Å². The molecule has 0 bridgehead atoms. The molecule has 0 aliphatic carbocycles. The lowest BCUT2D eigenvalue weighted by Gasteiger charge is -2.13. The maximum Gasteiger partial charge on any atom is 0.279 e. The molecule has 0 unspecified atom stereocenters. The van der Waals surface area contributed by atoms with E-state index in [9.17, 15) is 4.79 Å². The van der Waals surface area contributed by atoms with Gasteiger partial charge in [-0.25, -0.2) is 0 Å². The van der Waals surface area contributed by atoms with Gasteiger partial charge in [0, 0.05) is 11.8 Å². The Morgan fingerprint density at radius 3 is 2.81 bits per heavy atom. The highest BCUT2D eigenvalue weighted by Gasteiger charge is 2.14. The molecular weight excluding hydrogens is 270 g/mol. The fourth-order valence-electron chi connectivity index (χ4n) is 2.33. The third-order valence-corrected chi connectivity index (χ3v) is 3.69. The smallest absolute Gasteiger partial charge is 0.279 e. The third kappa shape index (κ3) is 4.61. The fourth-order valence-corrected chi connectivity index (χ4v) is 2.33. The number of rotatable bonds is 8. The summed E-state index contributed by atoms with van der Waals surface area (Å²) in [5.74, 6) is 1.41. The molecule has 21 heavy (non-hydrogen) atoms. The predicted molar refractivity (Wildman–Crippen MR) is 79.8 cm³/mol. The fraction of sp³-hybridized carbons (Fsp3) is 0.533. The number of anilines is 1. The van der Waals surface area contributed by atoms with Gasteiger partial charge >= 0.3 is 0 Å². The summed E-state index contributed by atoms with van der Waals surface area (Å²) in [6.07, 6.45) is 0. The van der Waals surface area contributed by atoms with Crippen LogP contribution in [-0.4, -0.2) is 45.4 Å². The second-order valence-corrected chi connectivity index (χ2v) is 5.10. The van der Waals surface area contributed by atoms with Crippen molar-refractivity contribution in [3.05, 3.63) is 18.2 Å². The van der Waals surface area contributed by atoms with Crippen LogP contribution < -0.4 is 25.0 Å². The van der Waals surface area contributed by atoms with Crippen molar-refractivity contribution in [2.45, 2.75) is 13.8 Å². The normalized spacial score (nSPS) is 12.7. The molecule has 0 aromatic heterocycles. The van der Waals surface area contributed by atoms with Crippen LogP contribution in [0.5, 0.6) is 11.5 Å². The Bertz CT molecular complexity index is 475. The first-order chi connectivity index (χ1) is 10.2. The first kappa shape index (κ1) is 15.6. The number of hydrogen-bond acceptors (Lipinski definition) is 3. The summed E-state index contributed by atoms with van der Waals surface area (Å²) in [7, 11) is 0. The van der Waals surface area contributed by atoms with E-state index in [1.807, 2.05) is 17.4 Å². The van der Waals surface area contributed by atoms with Gasteiger partial charge < -0.3 is 25.0 Å². The van der Waals surface area contributed by atoms with E-state index in [0.717, 1.165) is 37.6 Å². The van der Waals surface area contributed by atoms with Gasteiger partial charge in [-0.05, 0) is 26.0 Å². The second-order valence-electron chi connectivity index (χ2n) is 5.10. The van der Waals surface area contributed by atoms with Gasteiger partial charge in [0.05, 0.1) is 13.1 Å². The quantitative estimate of drug-likeness (QED) is 0.530. The van der Waals surface area contributed by atoms with E-state index in [1.165, 1.54) is 0 Å². The van der Waals surface area contributed by atoms with Crippen LogP contribution in [0.3, 0.4) is 0 Å². The largest absolute Gasteiger partial charge is 0.454 e. The first-order valence-corrected chi connectivity index (χ1v) is 7.57. The van der Waals surface area contributed by atoms with Gasteiger partial charge in [-0.2, -0.15) is 0 Å². The number of carbonyl (C=O) groups is 1. The Morgan fingerprint density at radius 2 is 2.05 bits per heavy atom. The first-order valence-electron chi connectivity index (χ1n) is 7.57. The van der Waals surface area contributed by atoms with Crippen molar-refractivity contribution in [3.8, 4) is 11.5 Å². The Hall–Kier alpha value is -1.79. The molecule has 1 aromatic carbocycles. The molecule has 1 amide bonds. The van der Waals surface area contributed by atoms with Crippen LogP contribution in [0.2, 0.25) is 0 Å². The lowest BCUT2D eigenvalue weighted by molar-refractivity contribution is -0.908. The summed E-state index contributed by atoms with van der Waals surface area (Å²) < 4.78 is 10.5. The van der Waals surface area contributed by atoms with Crippen LogP contribution in [0, 0.1) is 0 Å². The lowest BCUT2D eigenvalue weighted by atomic mass is 10.3. The number of likely N-dealkylation sites (N-methyl/N-ethyl adjacent to an activating group) is 1. The number of amides is 1. The highest BCUT2D eigenvalue weighted by Crippen LogP contribution is 2.34. The van der Waals surface area contributed by atoms with Gasteiger partial charge in [-0.15, -0.1) is 0 Å². The Morgan fingerprint density at radius 1 is 1.29 bits per heavy atom. The molecule has 1 aromatic rings. The molecule has 0 saturated carbocycles. The Kier molecular flexibility index (Phi) is 5.83. The van der Waals surface area contributed by atoms with Crippen molar-refractivity contribution in [1.29, 1.82) is 0 Å². The Balaban J connectivity index is 1.70. The molecule has 0 spiro atoms. The topological polar surface area (TPSA) is 68.6 Å². The van der Waals surface area contributed by atoms with E-state index < -0.39 is 0 Å². The SMILES string of the molecule is CC[NH+](CC)CC[NH2+]CC(=O)Nc1ccc2c(c1)OCO2. The number of ether oxygens (including phenoxy) is 2. The zero-order valence-electron chi connectivity index (χ0n) is 12.8. The number of quaternary nitrogens is 2. The van der Waals surface area contributed by atoms with Crippen molar-refractivity contribution < 1.29 is 24.5 Å². The molecule has 116 valence electrons. The number of nitrogens with two attached hydrogens (primary N) is 1. The minimum Gasteiger partial charge on any atom is -0.454 e. The van der Waals surface area contributed by atoms with Gasteiger partial charge in [-0.3, -0.25) is 4.79 Å². The molecule has 4 N–H and O–H groups in total. The van der Waals surface area contributed by atoms with E-state index in [0.29, 0.717) is 12.3 Å². The average molecular weight is 295 g/mol. The van der Waals surface area contributed by atoms with Crippen LogP contribution in [0.25, 0.3) is 0 Å². The molecule has 0 fully saturated rings. The van der Waals surface area contributed by atoms with Crippen molar-refractivity contribution in [1.82, 2.24) is 0 Å². The van der Waals surface area contributed by atoms with Crippen LogP contribution in [0.15, 0.2) is 18.2 Å². The summed E-state index contributed by atoms with van der Waals surface area (Å²) in [5.41, 5.74) is 0.743. The number of fused-ring (bicyclic) bond motifs is 1. The van der Waals surface area contributed by atoms with Gasteiger partial charge in [0.15, 0.2) is 18.0 Å². The number of hydrogen-bond donors (Lipinski definition) is 3. The van der Waals surface area contributed by atoms with Gasteiger partial charge in [0.25, 0.3) is 5.91 Å². The van der Waals surface area contributed by atoms with Crippen molar-refractivity contribution in [2.75, 3.05) is 44.8 Å². The van der Waals surface area contributed by atoms with E-state index in [2.05, 4.69) is 19.2 Å². The minimum atomic E-state index is 0.00316. The van der Waals surface area contributed by atoms with E-state index >= 15 is 0 Å². The molecular formula is C15H25N3O3+2. The van der Waals surface area contributed by atoms with E-state index in [4.69, 9.17) is 9.47 Å². The zero-order chi connectivity index (χ0) is 15.1. The predicted octanol–water partition coefficient (Wildman–Crippen LogP) is -1.16. The maximum absolute atomic E-state index is 11.9. The van der Waals surface area contributed by atoms with Gasteiger partial charge in [0.1, 0.15) is 13.1 Å². The van der Waals surface area contributed by atoms with E-state index in [-0.39, 0.29) is 12.7 Å². The standard InChI is InChI=1S/C15H23N3O3/c1-3-18(4-2)8-7-16-10-15(19)17-12-5-6-13-14(9-12)21-11-20-13/h5-6,9,16H,3-4,7-8,10-11H2,1-2H3,(H,17,19)/p+2. The number of nitrogens with one attached hydrogen (secondary N) is 2. The monoisotopic (exact) mass is 295 g/mol. The van der Waals surface area contributed by atoms with Crippen LogP contribution >= 0.6 is 0 Å². The summed E-state index contributed by atoms with van der Waals surface area (Å²) in [4.78, 5) is 13.4. The molecule has 1 heterocycles. The highest BCUT2D eigenvalue weighted by atomic mass is 16.7. The van der Waals surface area contributed by atoms with Crippen molar-refractivity contribution >= 4 is 11.6 Å². The zero-order valence-corrected chi connectivity index (χ0v) is 12.8. The van der Waals surface area contributed by atoms with Crippen LogP contribution in [0.4, 0.5) is 5.69 Å². The highest BCUT2D eigenvalue weighted by molar-refractivity contribution is 5.91. The van der Waals surface area contributed by atoms with Gasteiger partial charge in [-0.1, -0.05) is 0 Å². The number of benzene rings is 1. The average Bonchev–Trinajstić information content (AvgIpc) is 2.95. The number of carbonyl (C=O) groups excluding carboxylic acids is 1. The molecule has 0 radical (unpaired) electrons. The maximum atomic E-state index is 11.9. The summed E-state index contributed by atoms with van der Waals surface area (Å²) in [6.45, 7) is 9.37. The molecule has 1 aliphatic heterocycles. The van der Waals surface area contributed by atoms with Crippen LogP contribution in [-0.2, 0) is 4.79 Å². The second kappa shape index (κ2) is 7.85. The lowest BCUT2D eigenvalue weighted by Crippen LogP contribution is -3.14. The van der Waals surface area contributed by atoms with E-state index in [1.54, 1.807) is 11.0 Å². The molecule has 0 atom stereocenters. The third-order valence-electron chi connectivity index (χ3n) is 3.69. The van der Waals surface area contributed by atoms with Gasteiger partial charge in [0.2, 0.25) is 6.79 Å². The Labute approximate surface area is 125 Å². The summed E-state index contributed by atoms with van der Waals surface area (Å²) >= 11 is 0. The molecule has 0 saturated heterocycles. The molecule has 6 nitrogen and oxygen atoms in total. The van der Waals surface area contributed by atoms with Crippen LogP contribution in [0.1, 0.15) is 13.8 Å². The molecule has 2 rings (SSSR count). The molecule has 1 aliphatic rings.